The minimum Gasteiger partial charge on any atom is -0.397 e. The predicted molar refractivity (Wildman–Crippen MR) is 68.0 cm³/mol. The first kappa shape index (κ1) is 12.2. The van der Waals surface area contributed by atoms with Crippen LogP contribution in [-0.4, -0.2) is 29.4 Å². The molecule has 1 fully saturated rings. The minimum absolute atomic E-state index is 0.110. The van der Waals surface area contributed by atoms with E-state index < -0.39 is 0 Å². The molecule has 1 amide bonds. The maximum Gasteiger partial charge on any atom is 0.256 e. The molecule has 1 aliphatic carbocycles. The van der Waals surface area contributed by atoms with Gasteiger partial charge in [-0.2, -0.15) is 0 Å². The highest BCUT2D eigenvalue weighted by Gasteiger charge is 2.23. The lowest BCUT2D eigenvalue weighted by Gasteiger charge is -2.30. The molecule has 1 aliphatic rings. The maximum atomic E-state index is 12.1. The average Bonchev–Trinajstić information content (AvgIpc) is 2.25. The zero-order valence-corrected chi connectivity index (χ0v) is 10.6. The summed E-state index contributed by atoms with van der Waals surface area (Å²) >= 11 is 5.91. The van der Waals surface area contributed by atoms with E-state index in [-0.39, 0.29) is 11.1 Å². The summed E-state index contributed by atoms with van der Waals surface area (Å²) in [4.78, 5) is 17.7. The van der Waals surface area contributed by atoms with E-state index in [0.29, 0.717) is 17.2 Å². The second-order valence-electron chi connectivity index (χ2n) is 4.59. The van der Waals surface area contributed by atoms with Crippen LogP contribution in [0.3, 0.4) is 0 Å². The molecule has 0 spiro atoms. The van der Waals surface area contributed by atoms with Gasteiger partial charge < -0.3 is 10.6 Å². The highest BCUT2D eigenvalue weighted by Crippen LogP contribution is 2.27. The number of hydrogen-bond donors (Lipinski definition) is 1. The number of rotatable bonds is 3. The molecule has 0 bridgehead atoms. The van der Waals surface area contributed by atoms with E-state index in [9.17, 15) is 4.79 Å². The van der Waals surface area contributed by atoms with E-state index in [0.717, 1.165) is 6.54 Å². The van der Waals surface area contributed by atoms with Crippen LogP contribution in [0.5, 0.6) is 0 Å². The van der Waals surface area contributed by atoms with E-state index in [2.05, 4.69) is 4.98 Å². The Balaban J connectivity index is 2.09. The number of nitrogens with zero attached hydrogens (tertiary/aromatic N) is 2. The van der Waals surface area contributed by atoms with Gasteiger partial charge in [0.1, 0.15) is 5.15 Å². The number of pyridine rings is 1. The van der Waals surface area contributed by atoms with Gasteiger partial charge in [-0.25, -0.2) is 4.98 Å². The second kappa shape index (κ2) is 4.92. The summed E-state index contributed by atoms with van der Waals surface area (Å²) in [7, 11) is 1.79. The van der Waals surface area contributed by atoms with Gasteiger partial charge in [-0.05, 0) is 24.8 Å². The molecule has 0 atom stereocenters. The van der Waals surface area contributed by atoms with E-state index in [1.165, 1.54) is 25.5 Å². The topological polar surface area (TPSA) is 59.2 Å². The summed E-state index contributed by atoms with van der Waals surface area (Å²) in [5.41, 5.74) is 6.45. The summed E-state index contributed by atoms with van der Waals surface area (Å²) in [5, 5.41) is 0.213. The first-order valence-corrected chi connectivity index (χ1v) is 6.12. The van der Waals surface area contributed by atoms with Crippen molar-refractivity contribution >= 4 is 23.2 Å². The number of aromatic nitrogens is 1. The van der Waals surface area contributed by atoms with Crippen LogP contribution in [0.4, 0.5) is 5.69 Å². The van der Waals surface area contributed by atoms with Crippen molar-refractivity contribution in [1.82, 2.24) is 9.88 Å². The van der Waals surface area contributed by atoms with Gasteiger partial charge in [0.15, 0.2) is 0 Å². The molecule has 0 saturated heterocycles. The third-order valence-electron chi connectivity index (χ3n) is 3.19. The Kier molecular flexibility index (Phi) is 3.52. The number of nitrogens with two attached hydrogens (primary N) is 1. The molecule has 1 heterocycles. The van der Waals surface area contributed by atoms with Crippen molar-refractivity contribution in [3.05, 3.63) is 23.0 Å². The molecule has 0 unspecified atom stereocenters. The Morgan fingerprint density at radius 3 is 2.94 bits per heavy atom. The number of anilines is 1. The van der Waals surface area contributed by atoms with Crippen molar-refractivity contribution < 1.29 is 4.79 Å². The molecule has 2 rings (SSSR count). The summed E-state index contributed by atoms with van der Waals surface area (Å²) in [6.45, 7) is 0.782. The van der Waals surface area contributed by atoms with Gasteiger partial charge in [0.05, 0.1) is 17.4 Å². The van der Waals surface area contributed by atoms with Crippen molar-refractivity contribution in [3.63, 3.8) is 0 Å². The fourth-order valence-corrected chi connectivity index (χ4v) is 2.15. The zero-order valence-electron chi connectivity index (χ0n) is 9.82. The van der Waals surface area contributed by atoms with Crippen molar-refractivity contribution in [3.8, 4) is 0 Å². The van der Waals surface area contributed by atoms with Gasteiger partial charge in [-0.3, -0.25) is 4.79 Å². The zero-order chi connectivity index (χ0) is 12.4. The molecular formula is C12H16ClN3O. The normalized spacial score (nSPS) is 15.4. The Hall–Kier alpha value is -1.29. The Labute approximate surface area is 106 Å². The Morgan fingerprint density at radius 1 is 1.65 bits per heavy atom. The summed E-state index contributed by atoms with van der Waals surface area (Å²) < 4.78 is 0. The van der Waals surface area contributed by atoms with Crippen LogP contribution in [0.1, 0.15) is 29.6 Å². The Morgan fingerprint density at radius 2 is 2.35 bits per heavy atom. The van der Waals surface area contributed by atoms with Gasteiger partial charge in [0.25, 0.3) is 5.91 Å². The van der Waals surface area contributed by atoms with E-state index in [1.807, 2.05) is 0 Å². The fourth-order valence-electron chi connectivity index (χ4n) is 1.97. The molecular weight excluding hydrogens is 238 g/mol. The summed E-state index contributed by atoms with van der Waals surface area (Å²) in [6, 6.07) is 1.58. The van der Waals surface area contributed by atoms with E-state index in [4.69, 9.17) is 17.3 Å². The van der Waals surface area contributed by atoms with Crippen molar-refractivity contribution in [2.24, 2.45) is 5.92 Å². The molecule has 17 heavy (non-hydrogen) atoms. The van der Waals surface area contributed by atoms with Gasteiger partial charge in [-0.1, -0.05) is 18.0 Å². The van der Waals surface area contributed by atoms with Gasteiger partial charge >= 0.3 is 0 Å². The van der Waals surface area contributed by atoms with Crippen molar-refractivity contribution in [2.75, 3.05) is 19.3 Å². The van der Waals surface area contributed by atoms with Crippen LogP contribution in [-0.2, 0) is 0 Å². The number of carbonyl (C=O) groups is 1. The van der Waals surface area contributed by atoms with Gasteiger partial charge in [0.2, 0.25) is 0 Å². The highest BCUT2D eigenvalue weighted by molar-refractivity contribution is 6.32. The lowest BCUT2D eigenvalue weighted by atomic mass is 9.85. The van der Waals surface area contributed by atoms with E-state index in [1.54, 1.807) is 18.0 Å². The second-order valence-corrected chi connectivity index (χ2v) is 4.95. The number of carbonyl (C=O) groups excluding carboxylic acids is 1. The number of hydrogen-bond acceptors (Lipinski definition) is 3. The standard InChI is InChI=1S/C12H16ClN3O/c1-16(7-8-3-2-4-8)12(17)10-5-9(14)6-15-11(10)13/h5-6,8H,2-4,7,14H2,1H3. The Bertz CT molecular complexity index is 432. The lowest BCUT2D eigenvalue weighted by Crippen LogP contribution is -2.34. The van der Waals surface area contributed by atoms with Crippen LogP contribution in [0.15, 0.2) is 12.3 Å². The van der Waals surface area contributed by atoms with Crippen LogP contribution in [0.25, 0.3) is 0 Å². The molecule has 2 N–H and O–H groups in total. The van der Waals surface area contributed by atoms with Gasteiger partial charge in [-0.15, -0.1) is 0 Å². The largest absolute Gasteiger partial charge is 0.397 e. The summed E-state index contributed by atoms with van der Waals surface area (Å²) in [5.74, 6) is 0.526. The maximum absolute atomic E-state index is 12.1. The molecule has 92 valence electrons. The van der Waals surface area contributed by atoms with Gasteiger partial charge in [0, 0.05) is 13.6 Å². The molecule has 1 saturated carbocycles. The molecule has 0 radical (unpaired) electrons. The molecule has 0 aromatic carbocycles. The molecule has 4 nitrogen and oxygen atoms in total. The molecule has 1 aromatic rings. The molecule has 5 heteroatoms. The monoisotopic (exact) mass is 253 g/mol. The first-order chi connectivity index (χ1) is 8.08. The van der Waals surface area contributed by atoms with Crippen LogP contribution >= 0.6 is 11.6 Å². The fraction of sp³-hybridized carbons (Fsp3) is 0.500. The van der Waals surface area contributed by atoms with Crippen LogP contribution in [0, 0.1) is 5.92 Å². The smallest absolute Gasteiger partial charge is 0.256 e. The van der Waals surface area contributed by atoms with Crippen LogP contribution < -0.4 is 5.73 Å². The summed E-state index contributed by atoms with van der Waals surface area (Å²) in [6.07, 6.45) is 5.14. The first-order valence-electron chi connectivity index (χ1n) is 5.74. The van der Waals surface area contributed by atoms with E-state index >= 15 is 0 Å². The molecule has 1 aromatic heterocycles. The minimum atomic E-state index is -0.110. The van der Waals surface area contributed by atoms with Crippen LogP contribution in [0.2, 0.25) is 5.15 Å². The third-order valence-corrected chi connectivity index (χ3v) is 3.50. The average molecular weight is 254 g/mol. The number of nitrogen functional groups attached to an aromatic ring is 1. The number of amides is 1. The van der Waals surface area contributed by atoms with Crippen molar-refractivity contribution in [1.29, 1.82) is 0 Å². The predicted octanol–water partition coefficient (Wildman–Crippen LogP) is 2.19. The van der Waals surface area contributed by atoms with Crippen molar-refractivity contribution in [2.45, 2.75) is 19.3 Å². The number of halogens is 1. The third kappa shape index (κ3) is 2.69. The quantitative estimate of drug-likeness (QED) is 0.840. The lowest BCUT2D eigenvalue weighted by molar-refractivity contribution is 0.0745. The molecule has 0 aliphatic heterocycles. The SMILES string of the molecule is CN(CC1CCC1)C(=O)c1cc(N)cnc1Cl. The highest BCUT2D eigenvalue weighted by atomic mass is 35.5.